The van der Waals surface area contributed by atoms with Gasteiger partial charge in [0.2, 0.25) is 0 Å². The highest BCUT2D eigenvalue weighted by Gasteiger charge is 2.23. The molecule has 0 radical (unpaired) electrons. The molecule has 0 bridgehead atoms. The minimum atomic E-state index is -2.88. The number of hydrogen-bond donors (Lipinski definition) is 0. The van der Waals surface area contributed by atoms with Crippen LogP contribution in [0.3, 0.4) is 0 Å². The summed E-state index contributed by atoms with van der Waals surface area (Å²) in [7, 11) is 0. The second kappa shape index (κ2) is 7.43. The molecule has 22 heavy (non-hydrogen) atoms. The molecular weight excluding hydrogens is 364 g/mol. The summed E-state index contributed by atoms with van der Waals surface area (Å²) in [5, 5.41) is 1.63. The maximum Gasteiger partial charge on any atom is 0.380 e. The lowest BCUT2D eigenvalue weighted by atomic mass is 10.2. The zero-order valence-corrected chi connectivity index (χ0v) is 15.7. The molecule has 0 fully saturated rings. The predicted molar refractivity (Wildman–Crippen MR) is 94.7 cm³/mol. The van der Waals surface area contributed by atoms with Crippen molar-refractivity contribution in [3.63, 3.8) is 0 Å². The molecule has 0 aliphatic heterocycles. The number of aryl methyl sites for hydroxylation is 1. The van der Waals surface area contributed by atoms with Crippen LogP contribution in [0.25, 0.3) is 10.9 Å². The van der Waals surface area contributed by atoms with Gasteiger partial charge in [-0.05, 0) is 32.9 Å². The number of benzene rings is 1. The van der Waals surface area contributed by atoms with E-state index in [2.05, 4.69) is 4.98 Å². The maximum absolute atomic E-state index is 6.22. The third kappa shape index (κ3) is 4.10. The van der Waals surface area contributed by atoms with E-state index in [1.54, 1.807) is 18.2 Å². The molecule has 0 amide bonds. The van der Waals surface area contributed by atoms with Crippen molar-refractivity contribution in [1.82, 2.24) is 4.98 Å². The molecule has 0 aliphatic rings. The van der Waals surface area contributed by atoms with Gasteiger partial charge in [-0.1, -0.05) is 23.2 Å². The predicted octanol–water partition coefficient (Wildman–Crippen LogP) is 5.53. The van der Waals surface area contributed by atoms with Crippen molar-refractivity contribution in [1.29, 1.82) is 0 Å². The highest BCUT2D eigenvalue weighted by atomic mass is 35.5. The lowest BCUT2D eigenvalue weighted by molar-refractivity contribution is 0.218. The average Bonchev–Trinajstić information content (AvgIpc) is 2.40. The normalized spacial score (nSPS) is 11.9. The van der Waals surface area contributed by atoms with E-state index < -0.39 is 6.72 Å². The second-order valence-corrected chi connectivity index (χ2v) is 8.20. The molecule has 2 rings (SSSR count). The van der Waals surface area contributed by atoms with Gasteiger partial charge >= 0.3 is 6.72 Å². The molecule has 0 atom stereocenters. The summed E-state index contributed by atoms with van der Waals surface area (Å²) in [5.74, 6) is 0.511. The number of fused-ring (bicyclic) bond motifs is 1. The molecule has 8 heteroatoms. The number of hydrogen-bond acceptors (Lipinski definition) is 5. The summed E-state index contributed by atoms with van der Waals surface area (Å²) in [6.07, 6.45) is 0. The highest BCUT2D eigenvalue weighted by molar-refractivity contribution is 8.07. The molecule has 0 aliphatic carbocycles. The van der Waals surface area contributed by atoms with Gasteiger partial charge in [-0.15, -0.1) is 0 Å². The van der Waals surface area contributed by atoms with Gasteiger partial charge in [-0.3, -0.25) is 14.0 Å². The van der Waals surface area contributed by atoms with Crippen molar-refractivity contribution in [3.8, 4) is 5.75 Å². The highest BCUT2D eigenvalue weighted by Crippen LogP contribution is 2.51. The Labute approximate surface area is 144 Å². The summed E-state index contributed by atoms with van der Waals surface area (Å²) in [5.41, 5.74) is 1.36. The SMILES string of the molecule is CCOP(=S)(OCC)Oc1cc(C)nc2c(Cl)cc(Cl)cc12. The Morgan fingerprint density at radius 1 is 1.14 bits per heavy atom. The van der Waals surface area contributed by atoms with Gasteiger partial charge in [0.15, 0.2) is 0 Å². The minimum absolute atomic E-state index is 0.404. The van der Waals surface area contributed by atoms with Gasteiger partial charge in [0.25, 0.3) is 0 Å². The fraction of sp³-hybridized carbons (Fsp3) is 0.357. The van der Waals surface area contributed by atoms with Crippen LogP contribution in [-0.4, -0.2) is 18.2 Å². The van der Waals surface area contributed by atoms with Gasteiger partial charge in [-0.25, -0.2) is 0 Å². The van der Waals surface area contributed by atoms with Gasteiger partial charge in [0.05, 0.1) is 23.8 Å². The molecule has 1 heterocycles. The first-order chi connectivity index (χ1) is 10.4. The smallest absolute Gasteiger partial charge is 0.380 e. The Bertz CT molecular complexity index is 732. The van der Waals surface area contributed by atoms with E-state index in [4.69, 9.17) is 48.6 Å². The first kappa shape index (κ1) is 17.9. The van der Waals surface area contributed by atoms with E-state index >= 15 is 0 Å². The van der Waals surface area contributed by atoms with E-state index in [1.807, 2.05) is 20.8 Å². The molecule has 0 unspecified atom stereocenters. The fourth-order valence-corrected chi connectivity index (χ4v) is 4.56. The van der Waals surface area contributed by atoms with E-state index in [1.165, 1.54) is 0 Å². The Morgan fingerprint density at radius 3 is 2.36 bits per heavy atom. The van der Waals surface area contributed by atoms with E-state index in [0.717, 1.165) is 5.69 Å². The summed E-state index contributed by atoms with van der Waals surface area (Å²) in [6, 6.07) is 5.15. The topological polar surface area (TPSA) is 40.6 Å². The second-order valence-electron chi connectivity index (χ2n) is 4.42. The molecule has 0 saturated heterocycles. The van der Waals surface area contributed by atoms with Crippen molar-refractivity contribution in [3.05, 3.63) is 33.9 Å². The van der Waals surface area contributed by atoms with E-state index in [-0.39, 0.29) is 0 Å². The van der Waals surface area contributed by atoms with Gasteiger partial charge < -0.3 is 4.52 Å². The maximum atomic E-state index is 6.22. The fourth-order valence-electron chi connectivity index (χ4n) is 1.95. The van der Waals surface area contributed by atoms with E-state index in [9.17, 15) is 0 Å². The zero-order valence-electron chi connectivity index (χ0n) is 12.4. The molecule has 120 valence electrons. The third-order valence-corrected chi connectivity index (χ3v) is 5.64. The van der Waals surface area contributed by atoms with Gasteiger partial charge in [-0.2, -0.15) is 0 Å². The molecule has 0 saturated carbocycles. The van der Waals surface area contributed by atoms with Crippen molar-refractivity contribution in [2.24, 2.45) is 0 Å². The molecule has 0 N–H and O–H groups in total. The summed E-state index contributed by atoms with van der Waals surface area (Å²) in [4.78, 5) is 4.43. The molecule has 0 spiro atoms. The van der Waals surface area contributed by atoms with Crippen LogP contribution in [0.15, 0.2) is 18.2 Å². The largest absolute Gasteiger partial charge is 0.423 e. The third-order valence-electron chi connectivity index (χ3n) is 2.71. The van der Waals surface area contributed by atoms with Crippen LogP contribution in [0.2, 0.25) is 10.0 Å². The Kier molecular flexibility index (Phi) is 6.06. The number of halogens is 2. The number of pyridine rings is 1. The van der Waals surface area contributed by atoms with Crippen LogP contribution in [0.5, 0.6) is 5.75 Å². The number of rotatable bonds is 6. The first-order valence-corrected chi connectivity index (χ1v) is 10.0. The Hall–Kier alpha value is -0.420. The Morgan fingerprint density at radius 2 is 1.77 bits per heavy atom. The van der Waals surface area contributed by atoms with Crippen molar-refractivity contribution >= 4 is 52.6 Å². The minimum Gasteiger partial charge on any atom is -0.423 e. The lowest BCUT2D eigenvalue weighted by Gasteiger charge is -2.22. The van der Waals surface area contributed by atoms with Crippen LogP contribution >= 0.6 is 29.9 Å². The van der Waals surface area contributed by atoms with Crippen LogP contribution in [-0.2, 0) is 20.9 Å². The molecule has 2 aromatic rings. The average molecular weight is 380 g/mol. The molecular formula is C14H16Cl2NO3PS. The molecule has 4 nitrogen and oxygen atoms in total. The standard InChI is InChI=1S/C14H16Cl2NO3PS/c1-4-18-21(22,19-5-2)20-13-6-9(3)17-14-11(13)7-10(15)8-12(14)16/h6-8H,4-5H2,1-3H3. The van der Waals surface area contributed by atoms with Crippen LogP contribution in [0, 0.1) is 6.92 Å². The van der Waals surface area contributed by atoms with Crippen LogP contribution in [0.1, 0.15) is 19.5 Å². The summed E-state index contributed by atoms with van der Waals surface area (Å²) in [6.45, 7) is 3.46. The van der Waals surface area contributed by atoms with Crippen LogP contribution < -0.4 is 4.52 Å². The summed E-state index contributed by atoms with van der Waals surface area (Å²) < 4.78 is 16.9. The van der Waals surface area contributed by atoms with E-state index in [0.29, 0.717) is 39.9 Å². The monoisotopic (exact) mass is 379 g/mol. The first-order valence-electron chi connectivity index (χ1n) is 6.73. The molecule has 1 aromatic heterocycles. The zero-order chi connectivity index (χ0) is 16.3. The number of nitrogens with zero attached hydrogens (tertiary/aromatic N) is 1. The quantitative estimate of drug-likeness (QED) is 0.617. The van der Waals surface area contributed by atoms with Gasteiger partial charge in [0.1, 0.15) is 5.75 Å². The van der Waals surface area contributed by atoms with Crippen LogP contribution in [0.4, 0.5) is 0 Å². The van der Waals surface area contributed by atoms with Gasteiger partial charge in [0, 0.05) is 34.0 Å². The van der Waals surface area contributed by atoms with Crippen molar-refractivity contribution in [2.75, 3.05) is 13.2 Å². The number of aromatic nitrogens is 1. The molecule has 1 aromatic carbocycles. The van der Waals surface area contributed by atoms with Crippen molar-refractivity contribution in [2.45, 2.75) is 20.8 Å². The lowest BCUT2D eigenvalue weighted by Crippen LogP contribution is -2.03. The summed E-state index contributed by atoms with van der Waals surface area (Å²) >= 11 is 17.7. The Balaban J connectivity index is 2.57. The van der Waals surface area contributed by atoms with Crippen molar-refractivity contribution < 1.29 is 13.6 Å².